The molecule has 1 aromatic rings. The quantitative estimate of drug-likeness (QED) is 0.472. The molecule has 1 aliphatic carbocycles. The molecular formula is C25H35N5O7S. The molecule has 5 rings (SSSR count). The standard InChI is InChI=1S/C25H35N5O7S/c1-28-17-19(37-24(33)30-10-7-18(16-30)29-11-13-36-14-12-29)15-21(28)22(31)26-25(8-9-25)23(32)27-38(34,35)20-5-3-2-4-6-20/h2-6,18-19,21H,7-17H2,1H3,(H,26,31)(H,27,32)/t18?,19-,21+/m1/s1. The average molecular weight is 550 g/mol. The first-order valence-corrected chi connectivity index (χ1v) is 14.6. The maximum Gasteiger partial charge on any atom is 0.410 e. The SMILES string of the molecule is CN1C[C@H](OC(=O)N2CCC(N3CCOCC3)C2)C[C@H]1C(=O)NC1(C(=O)NS(=O)(=O)c2ccccc2)CC1. The van der Waals surface area contributed by atoms with E-state index in [9.17, 15) is 22.8 Å². The highest BCUT2D eigenvalue weighted by Crippen LogP contribution is 2.37. The topological polar surface area (TPSA) is 138 Å². The van der Waals surface area contributed by atoms with E-state index in [0.29, 0.717) is 58.2 Å². The fraction of sp³-hybridized carbons (Fsp3) is 0.640. The van der Waals surface area contributed by atoms with Crippen molar-refractivity contribution in [1.82, 2.24) is 24.7 Å². The lowest BCUT2D eigenvalue weighted by atomic mass is 10.1. The van der Waals surface area contributed by atoms with Gasteiger partial charge in [-0.2, -0.15) is 0 Å². The van der Waals surface area contributed by atoms with Crippen LogP contribution in [0.15, 0.2) is 35.2 Å². The molecule has 3 atom stereocenters. The van der Waals surface area contributed by atoms with E-state index in [1.807, 2.05) is 0 Å². The van der Waals surface area contributed by atoms with Gasteiger partial charge in [0.15, 0.2) is 0 Å². The molecule has 1 saturated carbocycles. The first-order chi connectivity index (χ1) is 18.2. The first-order valence-electron chi connectivity index (χ1n) is 13.1. The van der Waals surface area contributed by atoms with Crippen LogP contribution in [0.1, 0.15) is 25.7 Å². The molecule has 3 amide bonds. The highest BCUT2D eigenvalue weighted by atomic mass is 32.2. The largest absolute Gasteiger partial charge is 0.445 e. The third-order valence-electron chi connectivity index (χ3n) is 7.89. The minimum absolute atomic E-state index is 0.0232. The van der Waals surface area contributed by atoms with Crippen molar-refractivity contribution in [2.24, 2.45) is 0 Å². The molecule has 0 radical (unpaired) electrons. The third kappa shape index (κ3) is 5.80. The number of nitrogens with zero attached hydrogens (tertiary/aromatic N) is 3. The van der Waals surface area contributed by atoms with Gasteiger partial charge in [-0.05, 0) is 38.4 Å². The van der Waals surface area contributed by atoms with Crippen LogP contribution in [0.25, 0.3) is 0 Å². The summed E-state index contributed by atoms with van der Waals surface area (Å²) in [5.41, 5.74) is -1.25. The molecule has 3 heterocycles. The number of likely N-dealkylation sites (tertiary alicyclic amines) is 2. The first kappa shape index (κ1) is 26.9. The summed E-state index contributed by atoms with van der Waals surface area (Å²) in [6.07, 6.45) is 1.08. The van der Waals surface area contributed by atoms with Crippen molar-refractivity contribution in [2.45, 2.75) is 54.3 Å². The number of rotatable bonds is 7. The number of carbonyl (C=O) groups excluding carboxylic acids is 3. The van der Waals surface area contributed by atoms with Crippen molar-refractivity contribution in [3.63, 3.8) is 0 Å². The summed E-state index contributed by atoms with van der Waals surface area (Å²) in [5.74, 6) is -1.13. The van der Waals surface area contributed by atoms with Crippen molar-refractivity contribution in [3.8, 4) is 0 Å². The van der Waals surface area contributed by atoms with Crippen LogP contribution < -0.4 is 10.0 Å². The minimum Gasteiger partial charge on any atom is -0.445 e. The van der Waals surface area contributed by atoms with Crippen molar-refractivity contribution in [1.29, 1.82) is 0 Å². The van der Waals surface area contributed by atoms with Crippen LogP contribution in [0.4, 0.5) is 4.79 Å². The summed E-state index contributed by atoms with van der Waals surface area (Å²) in [7, 11) is -2.28. The minimum atomic E-state index is -4.04. The lowest BCUT2D eigenvalue weighted by Gasteiger charge is -2.32. The van der Waals surface area contributed by atoms with Crippen LogP contribution in [0, 0.1) is 0 Å². The van der Waals surface area contributed by atoms with E-state index in [1.165, 1.54) is 12.1 Å². The summed E-state index contributed by atoms with van der Waals surface area (Å²) >= 11 is 0. The third-order valence-corrected chi connectivity index (χ3v) is 9.24. The number of nitrogens with one attached hydrogen (secondary N) is 2. The van der Waals surface area contributed by atoms with E-state index in [-0.39, 0.29) is 16.9 Å². The van der Waals surface area contributed by atoms with Gasteiger partial charge >= 0.3 is 6.09 Å². The molecule has 4 aliphatic rings. The highest BCUT2D eigenvalue weighted by Gasteiger charge is 2.53. The van der Waals surface area contributed by atoms with Crippen LogP contribution in [-0.4, -0.2) is 118 Å². The van der Waals surface area contributed by atoms with E-state index < -0.39 is 33.6 Å². The molecule has 3 saturated heterocycles. The molecule has 4 fully saturated rings. The van der Waals surface area contributed by atoms with Crippen LogP contribution in [-0.2, 0) is 29.1 Å². The van der Waals surface area contributed by atoms with Crippen molar-refractivity contribution in [2.75, 3.05) is 53.0 Å². The number of carbonyl (C=O) groups is 3. The lowest BCUT2D eigenvalue weighted by Crippen LogP contribution is -2.54. The molecule has 3 aliphatic heterocycles. The Bertz CT molecular complexity index is 1150. The van der Waals surface area contributed by atoms with Gasteiger partial charge in [-0.15, -0.1) is 0 Å². The van der Waals surface area contributed by atoms with Crippen LogP contribution in [0.5, 0.6) is 0 Å². The van der Waals surface area contributed by atoms with Gasteiger partial charge in [-0.3, -0.25) is 19.4 Å². The summed E-state index contributed by atoms with van der Waals surface area (Å²) in [5, 5.41) is 2.76. The van der Waals surface area contributed by atoms with E-state index in [1.54, 1.807) is 35.0 Å². The fourth-order valence-corrected chi connectivity index (χ4v) is 6.51. The Labute approximate surface area is 222 Å². The normalized spacial score (nSPS) is 27.6. The number of likely N-dealkylation sites (N-methyl/N-ethyl adjacent to an activating group) is 1. The van der Waals surface area contributed by atoms with Crippen LogP contribution >= 0.6 is 0 Å². The van der Waals surface area contributed by atoms with Gasteiger partial charge in [0, 0.05) is 45.2 Å². The van der Waals surface area contributed by atoms with Crippen molar-refractivity contribution < 1.29 is 32.3 Å². The second-order valence-corrected chi connectivity index (χ2v) is 12.2. The number of morpholine rings is 1. The van der Waals surface area contributed by atoms with Gasteiger partial charge in [-0.1, -0.05) is 18.2 Å². The number of hydrogen-bond acceptors (Lipinski definition) is 9. The summed E-state index contributed by atoms with van der Waals surface area (Å²) in [6.45, 7) is 4.82. The molecule has 1 unspecified atom stereocenters. The van der Waals surface area contributed by atoms with E-state index >= 15 is 0 Å². The Balaban J connectivity index is 1.12. The molecular weight excluding hydrogens is 514 g/mol. The number of sulfonamides is 1. The maximum atomic E-state index is 13.1. The smallest absolute Gasteiger partial charge is 0.410 e. The number of ether oxygens (including phenoxy) is 2. The van der Waals surface area contributed by atoms with Crippen molar-refractivity contribution >= 4 is 27.9 Å². The Morgan fingerprint density at radius 2 is 1.76 bits per heavy atom. The molecule has 2 N–H and O–H groups in total. The van der Waals surface area contributed by atoms with E-state index in [2.05, 4.69) is 14.9 Å². The summed E-state index contributed by atoms with van der Waals surface area (Å²) in [6, 6.07) is 7.32. The molecule has 13 heteroatoms. The van der Waals surface area contributed by atoms with Gasteiger partial charge in [0.05, 0.1) is 24.2 Å². The Kier molecular flexibility index (Phi) is 7.63. The number of hydrogen-bond donors (Lipinski definition) is 2. The summed E-state index contributed by atoms with van der Waals surface area (Å²) < 4.78 is 38.4. The predicted octanol–water partition coefficient (Wildman–Crippen LogP) is -0.244. The fourth-order valence-electron chi connectivity index (χ4n) is 5.44. The van der Waals surface area contributed by atoms with Crippen LogP contribution in [0.3, 0.4) is 0 Å². The molecule has 0 bridgehead atoms. The lowest BCUT2D eigenvalue weighted by molar-refractivity contribution is -0.131. The summed E-state index contributed by atoms with van der Waals surface area (Å²) in [4.78, 5) is 44.6. The zero-order chi connectivity index (χ0) is 26.9. The van der Waals surface area contributed by atoms with Gasteiger partial charge in [0.25, 0.3) is 15.9 Å². The molecule has 38 heavy (non-hydrogen) atoms. The Morgan fingerprint density at radius 1 is 1.05 bits per heavy atom. The van der Waals surface area contributed by atoms with Gasteiger partial charge in [0.1, 0.15) is 11.6 Å². The van der Waals surface area contributed by atoms with Gasteiger partial charge in [0.2, 0.25) is 5.91 Å². The Morgan fingerprint density at radius 3 is 2.45 bits per heavy atom. The highest BCUT2D eigenvalue weighted by molar-refractivity contribution is 7.90. The number of amides is 3. The second kappa shape index (κ2) is 10.8. The molecule has 0 spiro atoms. The zero-order valence-corrected chi connectivity index (χ0v) is 22.3. The second-order valence-electron chi connectivity index (χ2n) is 10.6. The predicted molar refractivity (Wildman–Crippen MR) is 136 cm³/mol. The average Bonchev–Trinajstić information content (AvgIpc) is 3.35. The van der Waals surface area contributed by atoms with Gasteiger partial charge in [-0.25, -0.2) is 17.9 Å². The monoisotopic (exact) mass is 549 g/mol. The molecule has 0 aromatic heterocycles. The van der Waals surface area contributed by atoms with E-state index in [4.69, 9.17) is 9.47 Å². The van der Waals surface area contributed by atoms with Crippen molar-refractivity contribution in [3.05, 3.63) is 30.3 Å². The zero-order valence-electron chi connectivity index (χ0n) is 21.5. The van der Waals surface area contributed by atoms with Gasteiger partial charge < -0.3 is 19.7 Å². The molecule has 12 nitrogen and oxygen atoms in total. The number of benzene rings is 1. The Hall–Kier alpha value is -2.74. The maximum absolute atomic E-state index is 13.1. The molecule has 208 valence electrons. The van der Waals surface area contributed by atoms with Crippen LogP contribution in [0.2, 0.25) is 0 Å². The molecule has 1 aromatic carbocycles. The van der Waals surface area contributed by atoms with E-state index in [0.717, 1.165) is 19.5 Å².